The minimum absolute atomic E-state index is 0.0618. The summed E-state index contributed by atoms with van der Waals surface area (Å²) in [5.41, 5.74) is 8.32. The molecule has 1 aliphatic rings. The first-order chi connectivity index (χ1) is 15.0. The third-order valence-corrected chi connectivity index (χ3v) is 5.22. The van der Waals surface area contributed by atoms with E-state index in [1.165, 1.54) is 5.56 Å². The summed E-state index contributed by atoms with van der Waals surface area (Å²) in [6, 6.07) is 13.5. The van der Waals surface area contributed by atoms with E-state index < -0.39 is 0 Å². The molecule has 2 aromatic carbocycles. The SMILES string of the molecule is C=C(NNC(=O)COc1ccc(C(C)(C)CC(C)(C)C)cc1)c1ccc2c(c1)OCCO2. The van der Waals surface area contributed by atoms with Gasteiger partial charge in [0.25, 0.3) is 5.91 Å². The maximum Gasteiger partial charge on any atom is 0.276 e. The van der Waals surface area contributed by atoms with Crippen LogP contribution in [0, 0.1) is 5.41 Å². The molecule has 0 atom stereocenters. The van der Waals surface area contributed by atoms with Gasteiger partial charge in [0.05, 0.1) is 5.70 Å². The van der Waals surface area contributed by atoms with Crippen LogP contribution in [0.4, 0.5) is 0 Å². The highest BCUT2D eigenvalue weighted by molar-refractivity contribution is 5.78. The number of benzene rings is 2. The van der Waals surface area contributed by atoms with Crippen molar-refractivity contribution in [1.29, 1.82) is 0 Å². The molecule has 0 saturated heterocycles. The van der Waals surface area contributed by atoms with Gasteiger partial charge in [-0.2, -0.15) is 0 Å². The summed E-state index contributed by atoms with van der Waals surface area (Å²) in [5.74, 6) is 1.72. The van der Waals surface area contributed by atoms with Crippen molar-refractivity contribution >= 4 is 11.6 Å². The summed E-state index contributed by atoms with van der Waals surface area (Å²) in [6.45, 7) is 16.2. The zero-order chi connectivity index (χ0) is 23.4. The molecule has 0 aromatic heterocycles. The van der Waals surface area contributed by atoms with E-state index in [1.807, 2.05) is 30.3 Å². The first kappa shape index (κ1) is 23.5. The van der Waals surface area contributed by atoms with Crippen molar-refractivity contribution in [3.8, 4) is 17.2 Å². The van der Waals surface area contributed by atoms with Crippen LogP contribution < -0.4 is 25.1 Å². The van der Waals surface area contributed by atoms with Crippen LogP contribution in [0.25, 0.3) is 5.70 Å². The minimum atomic E-state index is -0.305. The number of hydrogen-bond acceptors (Lipinski definition) is 5. The third-order valence-electron chi connectivity index (χ3n) is 5.22. The summed E-state index contributed by atoms with van der Waals surface area (Å²) in [5, 5.41) is 0. The Labute approximate surface area is 190 Å². The second kappa shape index (κ2) is 9.55. The van der Waals surface area contributed by atoms with Crippen LogP contribution in [0.2, 0.25) is 0 Å². The maximum atomic E-state index is 12.2. The van der Waals surface area contributed by atoms with Crippen molar-refractivity contribution in [2.24, 2.45) is 5.41 Å². The van der Waals surface area contributed by atoms with E-state index in [4.69, 9.17) is 14.2 Å². The van der Waals surface area contributed by atoms with Gasteiger partial charge in [0.2, 0.25) is 0 Å². The fourth-order valence-corrected chi connectivity index (χ4v) is 4.06. The number of ether oxygens (including phenoxy) is 3. The zero-order valence-corrected chi connectivity index (χ0v) is 19.7. The van der Waals surface area contributed by atoms with Gasteiger partial charge in [-0.3, -0.25) is 15.6 Å². The quantitative estimate of drug-likeness (QED) is 0.577. The fraction of sp³-hybridized carbons (Fsp3) is 0.423. The molecule has 0 aliphatic carbocycles. The lowest BCUT2D eigenvalue weighted by atomic mass is 9.72. The molecule has 3 rings (SSSR count). The average molecular weight is 439 g/mol. The second-order valence-electron chi connectivity index (χ2n) is 9.94. The van der Waals surface area contributed by atoms with Crippen LogP contribution in [0.5, 0.6) is 17.2 Å². The molecule has 172 valence electrons. The van der Waals surface area contributed by atoms with Crippen molar-refractivity contribution in [2.75, 3.05) is 19.8 Å². The van der Waals surface area contributed by atoms with Gasteiger partial charge in [0, 0.05) is 5.56 Å². The molecule has 1 aliphatic heterocycles. The highest BCUT2D eigenvalue weighted by atomic mass is 16.6. The third kappa shape index (κ3) is 6.42. The lowest BCUT2D eigenvalue weighted by molar-refractivity contribution is -0.123. The molecule has 0 unspecified atom stereocenters. The minimum Gasteiger partial charge on any atom is -0.486 e. The van der Waals surface area contributed by atoms with Crippen LogP contribution in [0.1, 0.15) is 52.2 Å². The Morgan fingerprint density at radius 2 is 1.62 bits per heavy atom. The van der Waals surface area contributed by atoms with Crippen LogP contribution in [-0.2, 0) is 10.2 Å². The largest absolute Gasteiger partial charge is 0.486 e. The standard InChI is InChI=1S/C26H34N2O4/c1-18(19-7-12-22-23(15-19)31-14-13-30-22)27-28-24(29)16-32-21-10-8-20(9-11-21)26(5,6)17-25(2,3)4/h7-12,15,27H,1,13-14,16-17H2,2-6H3,(H,28,29). The van der Waals surface area contributed by atoms with E-state index in [-0.39, 0.29) is 23.3 Å². The molecule has 6 nitrogen and oxygen atoms in total. The summed E-state index contributed by atoms with van der Waals surface area (Å²) >= 11 is 0. The number of carbonyl (C=O) groups is 1. The summed E-state index contributed by atoms with van der Waals surface area (Å²) < 4.78 is 16.7. The van der Waals surface area contributed by atoms with Crippen molar-refractivity contribution in [1.82, 2.24) is 10.9 Å². The number of fused-ring (bicyclic) bond motifs is 1. The maximum absolute atomic E-state index is 12.2. The Balaban J connectivity index is 1.47. The van der Waals surface area contributed by atoms with Crippen LogP contribution in [0.3, 0.4) is 0 Å². The Morgan fingerprint density at radius 3 is 2.28 bits per heavy atom. The van der Waals surface area contributed by atoms with Crippen molar-refractivity contribution in [3.63, 3.8) is 0 Å². The summed E-state index contributed by atoms with van der Waals surface area (Å²) in [4.78, 5) is 12.2. The molecule has 32 heavy (non-hydrogen) atoms. The number of hydrogen-bond donors (Lipinski definition) is 2. The molecule has 6 heteroatoms. The summed E-state index contributed by atoms with van der Waals surface area (Å²) in [7, 11) is 0. The fourth-order valence-electron chi connectivity index (χ4n) is 4.06. The van der Waals surface area contributed by atoms with Crippen LogP contribution in [0.15, 0.2) is 49.0 Å². The van der Waals surface area contributed by atoms with E-state index in [9.17, 15) is 4.79 Å². The highest BCUT2D eigenvalue weighted by Crippen LogP contribution is 2.36. The van der Waals surface area contributed by atoms with Gasteiger partial charge in [-0.1, -0.05) is 53.3 Å². The molecule has 0 saturated carbocycles. The smallest absolute Gasteiger partial charge is 0.276 e. The molecule has 2 N–H and O–H groups in total. The summed E-state index contributed by atoms with van der Waals surface area (Å²) in [6.07, 6.45) is 1.07. The van der Waals surface area contributed by atoms with E-state index in [2.05, 4.69) is 64.2 Å². The van der Waals surface area contributed by atoms with Gasteiger partial charge in [0.1, 0.15) is 19.0 Å². The van der Waals surface area contributed by atoms with E-state index in [0.29, 0.717) is 36.2 Å². The van der Waals surface area contributed by atoms with Crippen LogP contribution in [-0.4, -0.2) is 25.7 Å². The molecule has 1 amide bonds. The molecule has 0 bridgehead atoms. The average Bonchev–Trinajstić information content (AvgIpc) is 2.74. The molecule has 0 fully saturated rings. The van der Waals surface area contributed by atoms with Crippen molar-refractivity contribution in [3.05, 3.63) is 60.2 Å². The number of rotatable bonds is 8. The van der Waals surface area contributed by atoms with E-state index in [0.717, 1.165) is 12.0 Å². The molecular formula is C26H34N2O4. The number of amides is 1. The van der Waals surface area contributed by atoms with Gasteiger partial charge in [-0.05, 0) is 53.1 Å². The van der Waals surface area contributed by atoms with E-state index in [1.54, 1.807) is 0 Å². The lowest BCUT2D eigenvalue weighted by Gasteiger charge is -2.33. The van der Waals surface area contributed by atoms with E-state index >= 15 is 0 Å². The van der Waals surface area contributed by atoms with Gasteiger partial charge in [0.15, 0.2) is 18.1 Å². The van der Waals surface area contributed by atoms with Gasteiger partial charge in [-0.15, -0.1) is 0 Å². The highest BCUT2D eigenvalue weighted by Gasteiger charge is 2.27. The topological polar surface area (TPSA) is 68.8 Å². The first-order valence-electron chi connectivity index (χ1n) is 10.9. The van der Waals surface area contributed by atoms with Gasteiger partial charge >= 0.3 is 0 Å². The predicted octanol–water partition coefficient (Wildman–Crippen LogP) is 4.84. The second-order valence-corrected chi connectivity index (χ2v) is 9.94. The normalized spacial score (nSPS) is 13.3. The molecule has 1 heterocycles. The zero-order valence-electron chi connectivity index (χ0n) is 19.7. The lowest BCUT2D eigenvalue weighted by Crippen LogP contribution is -2.39. The molecule has 0 radical (unpaired) electrons. The van der Waals surface area contributed by atoms with Gasteiger partial charge in [-0.25, -0.2) is 0 Å². The van der Waals surface area contributed by atoms with Gasteiger partial charge < -0.3 is 14.2 Å². The predicted molar refractivity (Wildman–Crippen MR) is 127 cm³/mol. The Hall–Kier alpha value is -3.15. The monoisotopic (exact) mass is 438 g/mol. The Bertz CT molecular complexity index is 959. The Morgan fingerprint density at radius 1 is 0.969 bits per heavy atom. The van der Waals surface area contributed by atoms with Crippen molar-refractivity contribution < 1.29 is 19.0 Å². The number of carbonyl (C=O) groups excluding carboxylic acids is 1. The Kier molecular flexibility index (Phi) is 7.02. The van der Waals surface area contributed by atoms with Crippen molar-refractivity contribution in [2.45, 2.75) is 46.5 Å². The number of nitrogens with one attached hydrogen (secondary N) is 2. The van der Waals surface area contributed by atoms with Crippen LogP contribution >= 0.6 is 0 Å². The molecule has 2 aromatic rings. The molecule has 0 spiro atoms. The first-order valence-corrected chi connectivity index (χ1v) is 10.9. The molecular weight excluding hydrogens is 404 g/mol. The number of hydrazine groups is 1.